The van der Waals surface area contributed by atoms with Crippen LogP contribution in [0.15, 0.2) is 0 Å². The van der Waals surface area contributed by atoms with Gasteiger partial charge in [-0.25, -0.2) is 0 Å². The Bertz CT molecular complexity index is 4.85. The fourth-order valence-corrected chi connectivity index (χ4v) is 0. The summed E-state index contributed by atoms with van der Waals surface area (Å²) in [6.45, 7) is 0. The largest absolute Gasteiger partial charge is 0 e. The van der Waals surface area contributed by atoms with Crippen LogP contribution in [0.3, 0.4) is 0 Å². The Morgan fingerprint density at radius 1 is 0.400 bits per heavy atom. The summed E-state index contributed by atoms with van der Waals surface area (Å²) in [4.78, 5) is 0. The van der Waals surface area contributed by atoms with E-state index in [9.17, 15) is 0 Å². The van der Waals surface area contributed by atoms with E-state index >= 15 is 0 Å². The van der Waals surface area contributed by atoms with Crippen LogP contribution in [0.4, 0.5) is 0 Å². The van der Waals surface area contributed by atoms with Gasteiger partial charge in [-0.1, -0.05) is 0 Å². The van der Waals surface area contributed by atoms with Gasteiger partial charge in [0.25, 0.3) is 0 Å². The molecule has 0 saturated heterocycles. The Hall–Kier alpha value is 2.90. The van der Waals surface area contributed by atoms with Gasteiger partial charge in [-0.3, -0.25) is 0 Å². The topological polar surface area (TPSA) is 0 Å². The molecule has 5 heteroatoms. The normalized spacial score (nSPS) is 0. The standard InChI is InChI=1S/3Ge.2Os. The van der Waals surface area contributed by atoms with Crippen molar-refractivity contribution in [2.75, 3.05) is 0 Å². The summed E-state index contributed by atoms with van der Waals surface area (Å²) >= 11 is 0. The Labute approximate surface area is 91.0 Å². The molecule has 0 spiro atoms. The van der Waals surface area contributed by atoms with Gasteiger partial charge in [-0.05, 0) is 0 Å². The van der Waals surface area contributed by atoms with E-state index < -0.39 is 0 Å². The molecule has 0 aliphatic heterocycles. The van der Waals surface area contributed by atoms with E-state index in [2.05, 4.69) is 0 Å². The molecule has 12 radical (unpaired) electrons. The minimum absolute atomic E-state index is 0. The van der Waals surface area contributed by atoms with Gasteiger partial charge in [0, 0.05) is 92.4 Å². The zero-order valence-corrected chi connectivity index (χ0v) is 13.6. The molecule has 0 N–H and O–H groups in total. The van der Waals surface area contributed by atoms with Crippen molar-refractivity contribution in [3.63, 3.8) is 0 Å². The van der Waals surface area contributed by atoms with Crippen molar-refractivity contribution in [1.82, 2.24) is 0 Å². The SMILES string of the molecule is [Ge].[Ge].[Ge].[Os].[Os]. The molecule has 5 heavy (non-hydrogen) atoms. The van der Waals surface area contributed by atoms with Crippen molar-refractivity contribution < 1.29 is 39.6 Å². The minimum atomic E-state index is 0. The van der Waals surface area contributed by atoms with E-state index in [1.54, 1.807) is 0 Å². The van der Waals surface area contributed by atoms with Crippen LogP contribution in [0, 0.1) is 0 Å². The predicted octanol–water partition coefficient (Wildman–Crippen LogP) is -1.15. The third-order valence-corrected chi connectivity index (χ3v) is 0. The van der Waals surface area contributed by atoms with Crippen LogP contribution in [0.25, 0.3) is 0 Å². The number of hydrogen-bond donors (Lipinski definition) is 0. The average molecular weight is 598 g/mol. The molecular formula is Ge3Os2. The molecule has 0 bridgehead atoms. The third kappa shape index (κ3) is 19.7. The van der Waals surface area contributed by atoms with E-state index in [0.29, 0.717) is 0 Å². The van der Waals surface area contributed by atoms with Crippen molar-refractivity contribution >= 4 is 52.8 Å². The van der Waals surface area contributed by atoms with Crippen LogP contribution < -0.4 is 0 Å². The van der Waals surface area contributed by atoms with Crippen molar-refractivity contribution in [3.8, 4) is 0 Å². The zero-order valence-electron chi connectivity index (χ0n) is 2.21. The molecule has 0 atom stereocenters. The van der Waals surface area contributed by atoms with Crippen molar-refractivity contribution in [1.29, 1.82) is 0 Å². The van der Waals surface area contributed by atoms with Crippen LogP contribution in [-0.2, 0) is 39.6 Å². The smallest absolute Gasteiger partial charge is 0 e. The van der Waals surface area contributed by atoms with E-state index in [0.717, 1.165) is 0 Å². The molecule has 0 amide bonds. The quantitative estimate of drug-likeness (QED) is 0.310. The summed E-state index contributed by atoms with van der Waals surface area (Å²) in [5.74, 6) is 0. The van der Waals surface area contributed by atoms with Crippen molar-refractivity contribution in [2.45, 2.75) is 0 Å². The Kier molecular flexibility index (Phi) is 255. The maximum atomic E-state index is 0. The van der Waals surface area contributed by atoms with E-state index in [4.69, 9.17) is 0 Å². The maximum Gasteiger partial charge on any atom is 0 e. The fraction of sp³-hybridized carbons (Fsp3) is 0. The maximum absolute atomic E-state index is 0. The van der Waals surface area contributed by atoms with Crippen LogP contribution in [-0.4, -0.2) is 52.8 Å². The van der Waals surface area contributed by atoms with Gasteiger partial charge in [0.05, 0.1) is 0 Å². The molecular weight excluding hydrogens is 598 g/mol. The monoisotopic (exact) mass is 606 g/mol. The van der Waals surface area contributed by atoms with Crippen LogP contribution in [0.2, 0.25) is 0 Å². The summed E-state index contributed by atoms with van der Waals surface area (Å²) in [6.07, 6.45) is 0. The van der Waals surface area contributed by atoms with Gasteiger partial charge in [0.15, 0.2) is 0 Å². The van der Waals surface area contributed by atoms with Crippen LogP contribution >= 0.6 is 0 Å². The van der Waals surface area contributed by atoms with Gasteiger partial charge in [0.2, 0.25) is 0 Å². The summed E-state index contributed by atoms with van der Waals surface area (Å²) in [6, 6.07) is 0. The molecule has 0 aromatic rings. The van der Waals surface area contributed by atoms with Gasteiger partial charge >= 0.3 is 0 Å². The second-order valence-corrected chi connectivity index (χ2v) is 0. The van der Waals surface area contributed by atoms with Gasteiger partial charge < -0.3 is 0 Å². The molecule has 0 aromatic heterocycles. The number of hydrogen-bond acceptors (Lipinski definition) is 0. The van der Waals surface area contributed by atoms with Crippen LogP contribution in [0.1, 0.15) is 0 Å². The first-order valence-electron chi connectivity index (χ1n) is 0. The first kappa shape index (κ1) is 44.7. The molecule has 0 aliphatic carbocycles. The second-order valence-electron chi connectivity index (χ2n) is 0. The zero-order chi connectivity index (χ0) is 0. The number of rotatable bonds is 0. The molecule has 28 valence electrons. The Balaban J connectivity index is 0. The van der Waals surface area contributed by atoms with Crippen molar-refractivity contribution in [2.24, 2.45) is 0 Å². The average Bonchev–Trinajstić information content (AvgIpc) is 0. The summed E-state index contributed by atoms with van der Waals surface area (Å²) < 4.78 is 0. The molecule has 0 aromatic carbocycles. The van der Waals surface area contributed by atoms with E-state index in [1.165, 1.54) is 0 Å². The molecule has 0 nitrogen and oxygen atoms in total. The summed E-state index contributed by atoms with van der Waals surface area (Å²) in [7, 11) is 0. The summed E-state index contributed by atoms with van der Waals surface area (Å²) in [5.41, 5.74) is 0. The fourth-order valence-electron chi connectivity index (χ4n) is 0. The molecule has 0 unspecified atom stereocenters. The Morgan fingerprint density at radius 2 is 0.400 bits per heavy atom. The first-order chi connectivity index (χ1) is 0. The minimum Gasteiger partial charge on any atom is 0 e. The van der Waals surface area contributed by atoms with Gasteiger partial charge in [0.1, 0.15) is 0 Å². The summed E-state index contributed by atoms with van der Waals surface area (Å²) in [5, 5.41) is 0. The second kappa shape index (κ2) is 28.6. The Morgan fingerprint density at radius 3 is 0.400 bits per heavy atom. The third-order valence-electron chi connectivity index (χ3n) is 0. The first-order valence-corrected chi connectivity index (χ1v) is 0. The molecule has 0 fully saturated rings. The molecule has 0 rings (SSSR count). The predicted molar refractivity (Wildman–Crippen MR) is 17.3 cm³/mol. The molecule has 0 saturated carbocycles. The van der Waals surface area contributed by atoms with E-state index in [1.807, 2.05) is 0 Å². The molecule has 0 aliphatic rings. The van der Waals surface area contributed by atoms with Crippen LogP contribution in [0.5, 0.6) is 0 Å². The van der Waals surface area contributed by atoms with E-state index in [-0.39, 0.29) is 92.4 Å². The van der Waals surface area contributed by atoms with Crippen molar-refractivity contribution in [3.05, 3.63) is 0 Å². The molecule has 0 heterocycles. The van der Waals surface area contributed by atoms with Gasteiger partial charge in [-0.2, -0.15) is 0 Å². The van der Waals surface area contributed by atoms with Gasteiger partial charge in [-0.15, -0.1) is 0 Å².